The van der Waals surface area contributed by atoms with E-state index in [1.54, 1.807) is 12.3 Å². The molecule has 1 aliphatic carbocycles. The second kappa shape index (κ2) is 5.59. The highest BCUT2D eigenvalue weighted by Gasteiger charge is 2.25. The monoisotopic (exact) mass is 270 g/mol. The Morgan fingerprint density at radius 1 is 1.20 bits per heavy atom. The first-order chi connectivity index (χ1) is 9.75. The van der Waals surface area contributed by atoms with E-state index in [4.69, 9.17) is 0 Å². The average molecular weight is 270 g/mol. The van der Waals surface area contributed by atoms with Crippen molar-refractivity contribution < 1.29 is 9.90 Å². The van der Waals surface area contributed by atoms with Crippen LogP contribution in [0.2, 0.25) is 0 Å². The van der Waals surface area contributed by atoms with E-state index in [1.165, 1.54) is 0 Å². The van der Waals surface area contributed by atoms with Gasteiger partial charge in [-0.15, -0.1) is 0 Å². The first-order valence-corrected chi connectivity index (χ1v) is 7.08. The Bertz CT molecular complexity index is 621. The van der Waals surface area contributed by atoms with Crippen molar-refractivity contribution in [2.45, 2.75) is 37.8 Å². The van der Waals surface area contributed by atoms with Crippen LogP contribution >= 0.6 is 0 Å². The van der Waals surface area contributed by atoms with E-state index in [2.05, 4.69) is 10.3 Å². The number of aromatic nitrogens is 1. The Labute approximate surface area is 117 Å². The normalized spacial score (nSPS) is 22.6. The topological polar surface area (TPSA) is 62.2 Å². The summed E-state index contributed by atoms with van der Waals surface area (Å²) in [7, 11) is 0. The molecule has 2 aromatic rings. The Morgan fingerprint density at radius 2 is 2.00 bits per heavy atom. The van der Waals surface area contributed by atoms with Gasteiger partial charge in [0.2, 0.25) is 0 Å². The van der Waals surface area contributed by atoms with E-state index in [1.807, 2.05) is 24.3 Å². The zero-order chi connectivity index (χ0) is 13.9. The molecule has 3 rings (SSSR count). The van der Waals surface area contributed by atoms with Crippen molar-refractivity contribution in [1.29, 1.82) is 0 Å². The number of nitrogens with one attached hydrogen (secondary N) is 1. The molecule has 0 spiro atoms. The summed E-state index contributed by atoms with van der Waals surface area (Å²) in [6.45, 7) is 0. The first kappa shape index (κ1) is 13.1. The van der Waals surface area contributed by atoms with Gasteiger partial charge >= 0.3 is 0 Å². The van der Waals surface area contributed by atoms with E-state index < -0.39 is 6.10 Å². The molecule has 0 radical (unpaired) electrons. The fraction of sp³-hybridized carbons (Fsp3) is 0.375. The summed E-state index contributed by atoms with van der Waals surface area (Å²) < 4.78 is 0. The summed E-state index contributed by atoms with van der Waals surface area (Å²) in [6.07, 6.45) is 4.94. The molecule has 1 fully saturated rings. The number of hydrogen-bond donors (Lipinski definition) is 2. The van der Waals surface area contributed by atoms with E-state index in [0.717, 1.165) is 31.1 Å². The molecule has 1 aromatic heterocycles. The standard InChI is InChI=1S/C16H18N2O2/c19-14-9-2-1-8-13(14)18-16(20)12-7-3-5-11-6-4-10-17-15(11)12/h3-7,10,13-14,19H,1-2,8-9H2,(H,18,20)/t13-,14-/m1/s1. The van der Waals surface area contributed by atoms with Crippen molar-refractivity contribution >= 4 is 16.8 Å². The van der Waals surface area contributed by atoms with E-state index in [9.17, 15) is 9.90 Å². The number of pyridine rings is 1. The maximum absolute atomic E-state index is 12.4. The van der Waals surface area contributed by atoms with E-state index in [0.29, 0.717) is 11.1 Å². The number of fused-ring (bicyclic) bond motifs is 1. The summed E-state index contributed by atoms with van der Waals surface area (Å²) in [5.41, 5.74) is 1.28. The summed E-state index contributed by atoms with van der Waals surface area (Å²) in [4.78, 5) is 16.7. The molecule has 0 unspecified atom stereocenters. The van der Waals surface area contributed by atoms with Gasteiger partial charge in [-0.05, 0) is 25.0 Å². The quantitative estimate of drug-likeness (QED) is 0.880. The van der Waals surface area contributed by atoms with Crippen molar-refractivity contribution in [3.63, 3.8) is 0 Å². The second-order valence-electron chi connectivity index (χ2n) is 5.31. The fourth-order valence-corrected chi connectivity index (χ4v) is 2.81. The maximum atomic E-state index is 12.4. The van der Waals surface area contributed by atoms with Crippen LogP contribution in [0.5, 0.6) is 0 Å². The highest BCUT2D eigenvalue weighted by atomic mass is 16.3. The molecule has 1 aliphatic rings. The zero-order valence-electron chi connectivity index (χ0n) is 11.2. The van der Waals surface area contributed by atoms with Gasteiger partial charge < -0.3 is 10.4 Å². The Hall–Kier alpha value is -1.94. The van der Waals surface area contributed by atoms with Crippen LogP contribution in [0.3, 0.4) is 0 Å². The number of rotatable bonds is 2. The van der Waals surface area contributed by atoms with Gasteiger partial charge in [0.05, 0.1) is 23.2 Å². The minimum Gasteiger partial charge on any atom is -0.391 e. The molecular weight excluding hydrogens is 252 g/mol. The molecule has 2 atom stereocenters. The molecule has 1 aromatic carbocycles. The molecule has 4 nitrogen and oxygen atoms in total. The Morgan fingerprint density at radius 3 is 2.85 bits per heavy atom. The number of para-hydroxylation sites is 1. The van der Waals surface area contributed by atoms with Gasteiger partial charge in [-0.1, -0.05) is 31.0 Å². The smallest absolute Gasteiger partial charge is 0.253 e. The Kier molecular flexibility index (Phi) is 3.65. The van der Waals surface area contributed by atoms with Gasteiger partial charge in [0.1, 0.15) is 0 Å². The zero-order valence-corrected chi connectivity index (χ0v) is 11.2. The Balaban J connectivity index is 1.85. The molecule has 4 heteroatoms. The molecule has 1 saturated carbocycles. The molecule has 0 saturated heterocycles. The number of amides is 1. The van der Waals surface area contributed by atoms with Gasteiger partial charge in [-0.2, -0.15) is 0 Å². The van der Waals surface area contributed by atoms with Crippen LogP contribution in [0.25, 0.3) is 10.9 Å². The summed E-state index contributed by atoms with van der Waals surface area (Å²) in [5.74, 6) is -0.153. The largest absolute Gasteiger partial charge is 0.391 e. The lowest BCUT2D eigenvalue weighted by atomic mass is 9.92. The fourth-order valence-electron chi connectivity index (χ4n) is 2.81. The molecular formula is C16H18N2O2. The molecule has 1 heterocycles. The van der Waals surface area contributed by atoms with Crippen molar-refractivity contribution in [3.8, 4) is 0 Å². The number of aliphatic hydroxyl groups is 1. The number of aliphatic hydroxyl groups excluding tert-OH is 1. The lowest BCUT2D eigenvalue weighted by Crippen LogP contribution is -2.45. The van der Waals surface area contributed by atoms with Gasteiger partial charge in [0, 0.05) is 11.6 Å². The SMILES string of the molecule is O=C(N[C@@H]1CCCC[C@H]1O)c1cccc2cccnc12. The van der Waals surface area contributed by atoms with Gasteiger partial charge in [-0.25, -0.2) is 0 Å². The maximum Gasteiger partial charge on any atom is 0.253 e. The van der Waals surface area contributed by atoms with Gasteiger partial charge in [-0.3, -0.25) is 9.78 Å². The molecule has 0 aliphatic heterocycles. The van der Waals surface area contributed by atoms with Crippen LogP contribution < -0.4 is 5.32 Å². The molecule has 20 heavy (non-hydrogen) atoms. The highest BCUT2D eigenvalue weighted by Crippen LogP contribution is 2.20. The molecule has 104 valence electrons. The van der Waals surface area contributed by atoms with E-state index >= 15 is 0 Å². The third kappa shape index (κ3) is 2.51. The van der Waals surface area contributed by atoms with Crippen molar-refractivity contribution in [1.82, 2.24) is 10.3 Å². The molecule has 2 N–H and O–H groups in total. The summed E-state index contributed by atoms with van der Waals surface area (Å²) in [6, 6.07) is 9.23. The predicted octanol–water partition coefficient (Wildman–Crippen LogP) is 2.27. The number of hydrogen-bond acceptors (Lipinski definition) is 3. The average Bonchev–Trinajstić information content (AvgIpc) is 2.49. The highest BCUT2D eigenvalue weighted by molar-refractivity contribution is 6.05. The number of benzene rings is 1. The lowest BCUT2D eigenvalue weighted by Gasteiger charge is -2.28. The minimum atomic E-state index is -0.435. The van der Waals surface area contributed by atoms with Crippen molar-refractivity contribution in [3.05, 3.63) is 42.1 Å². The van der Waals surface area contributed by atoms with Crippen molar-refractivity contribution in [2.75, 3.05) is 0 Å². The lowest BCUT2D eigenvalue weighted by molar-refractivity contribution is 0.0718. The minimum absolute atomic E-state index is 0.143. The van der Waals surface area contributed by atoms with Crippen LogP contribution in [-0.2, 0) is 0 Å². The number of nitrogens with zero attached hydrogens (tertiary/aromatic N) is 1. The van der Waals surface area contributed by atoms with Crippen LogP contribution in [0.15, 0.2) is 36.5 Å². The van der Waals surface area contributed by atoms with Gasteiger partial charge in [0.15, 0.2) is 0 Å². The van der Waals surface area contributed by atoms with Crippen LogP contribution in [-0.4, -0.2) is 28.1 Å². The molecule has 0 bridgehead atoms. The van der Waals surface area contributed by atoms with Crippen LogP contribution in [0.4, 0.5) is 0 Å². The van der Waals surface area contributed by atoms with Crippen LogP contribution in [0.1, 0.15) is 36.0 Å². The number of carbonyl (C=O) groups is 1. The van der Waals surface area contributed by atoms with Gasteiger partial charge in [0.25, 0.3) is 5.91 Å². The van der Waals surface area contributed by atoms with Crippen molar-refractivity contribution in [2.24, 2.45) is 0 Å². The van der Waals surface area contributed by atoms with E-state index in [-0.39, 0.29) is 11.9 Å². The predicted molar refractivity (Wildman–Crippen MR) is 77.5 cm³/mol. The molecule has 1 amide bonds. The summed E-state index contributed by atoms with van der Waals surface area (Å²) >= 11 is 0. The second-order valence-corrected chi connectivity index (χ2v) is 5.31. The number of carbonyl (C=O) groups excluding carboxylic acids is 1. The van der Waals surface area contributed by atoms with Crippen LogP contribution in [0, 0.1) is 0 Å². The third-order valence-corrected chi connectivity index (χ3v) is 3.92. The third-order valence-electron chi connectivity index (χ3n) is 3.92. The first-order valence-electron chi connectivity index (χ1n) is 7.08. The summed E-state index contributed by atoms with van der Waals surface area (Å²) in [5, 5.41) is 13.8.